The molecule has 4 aromatic rings. The van der Waals surface area contributed by atoms with Gasteiger partial charge in [0.15, 0.2) is 0 Å². The Hall–Kier alpha value is -2.54. The van der Waals surface area contributed by atoms with E-state index >= 15 is 0 Å². The summed E-state index contributed by atoms with van der Waals surface area (Å²) in [5, 5.41) is 3.70. The van der Waals surface area contributed by atoms with Gasteiger partial charge in [-0.15, -0.1) is 0 Å². The molecule has 20 heavy (non-hydrogen) atoms. The van der Waals surface area contributed by atoms with Crippen LogP contribution in [0, 0.1) is 0 Å². The van der Waals surface area contributed by atoms with E-state index in [-0.39, 0.29) is 0 Å². The number of hydrogen-bond donors (Lipinski definition) is 0. The lowest BCUT2D eigenvalue weighted by molar-refractivity contribution is 0.634. The van der Waals surface area contributed by atoms with Crippen LogP contribution in [0.25, 0.3) is 33.1 Å². The molecule has 1 aliphatic carbocycles. The minimum Gasteiger partial charge on any atom is -0.455 e. The topological polar surface area (TPSA) is 13.1 Å². The first-order chi connectivity index (χ1) is 9.92. The molecule has 0 amide bonds. The maximum Gasteiger partial charge on any atom is 0.142 e. The van der Waals surface area contributed by atoms with Gasteiger partial charge in [0.1, 0.15) is 11.3 Å². The van der Waals surface area contributed by atoms with E-state index in [1.165, 1.54) is 32.8 Å². The van der Waals surface area contributed by atoms with Crippen LogP contribution in [-0.2, 0) is 6.42 Å². The van der Waals surface area contributed by atoms with E-state index in [9.17, 15) is 0 Å². The molecule has 0 atom stereocenters. The van der Waals surface area contributed by atoms with Crippen LogP contribution in [-0.4, -0.2) is 0 Å². The van der Waals surface area contributed by atoms with Gasteiger partial charge in [-0.05, 0) is 10.9 Å². The molecule has 0 bridgehead atoms. The molecule has 1 heteroatoms. The molecule has 1 aliphatic rings. The number of benzene rings is 3. The number of fused-ring (bicyclic) bond motifs is 7. The van der Waals surface area contributed by atoms with Crippen LogP contribution in [0.15, 0.2) is 65.1 Å². The third kappa shape index (κ3) is 1.17. The molecule has 0 fully saturated rings. The second-order valence-electron chi connectivity index (χ2n) is 5.41. The quantitative estimate of drug-likeness (QED) is 0.373. The zero-order chi connectivity index (χ0) is 13.1. The lowest BCUT2D eigenvalue weighted by atomic mass is 10.0. The third-order valence-electron chi connectivity index (χ3n) is 4.31. The minimum atomic E-state index is 0.983. The first kappa shape index (κ1) is 10.3. The van der Waals surface area contributed by atoms with Crippen molar-refractivity contribution in [2.75, 3.05) is 0 Å². The molecule has 94 valence electrons. The van der Waals surface area contributed by atoms with Crippen LogP contribution in [0.5, 0.6) is 0 Å². The summed E-state index contributed by atoms with van der Waals surface area (Å²) in [6.45, 7) is 0. The van der Waals surface area contributed by atoms with E-state index in [1.807, 2.05) is 0 Å². The molecule has 3 aromatic carbocycles. The first-order valence-electron chi connectivity index (χ1n) is 6.93. The van der Waals surface area contributed by atoms with Gasteiger partial charge in [0.2, 0.25) is 0 Å². The van der Waals surface area contributed by atoms with Crippen molar-refractivity contribution in [2.45, 2.75) is 6.42 Å². The lowest BCUT2D eigenvalue weighted by Gasteiger charge is -2.00. The van der Waals surface area contributed by atoms with Crippen LogP contribution in [0.1, 0.15) is 11.1 Å². The summed E-state index contributed by atoms with van der Waals surface area (Å²) < 4.78 is 6.25. The Morgan fingerprint density at radius 1 is 0.750 bits per heavy atom. The van der Waals surface area contributed by atoms with Crippen molar-refractivity contribution in [3.8, 4) is 11.3 Å². The molecule has 5 rings (SSSR count). The predicted octanol–water partition coefficient (Wildman–Crippen LogP) is 5.16. The molecule has 1 aromatic heterocycles. The average molecular weight is 256 g/mol. The summed E-state index contributed by atoms with van der Waals surface area (Å²) in [5.41, 5.74) is 4.99. The molecule has 0 unspecified atom stereocenters. The highest BCUT2D eigenvalue weighted by molar-refractivity contribution is 6.07. The summed E-state index contributed by atoms with van der Waals surface area (Å²) in [7, 11) is 0. The summed E-state index contributed by atoms with van der Waals surface area (Å²) >= 11 is 0. The fourth-order valence-electron chi connectivity index (χ4n) is 3.36. The molecule has 0 N–H and O–H groups in total. The van der Waals surface area contributed by atoms with Crippen LogP contribution in [0.3, 0.4) is 0 Å². The Kier molecular flexibility index (Phi) is 1.80. The van der Waals surface area contributed by atoms with Gasteiger partial charge < -0.3 is 4.42 Å². The second kappa shape index (κ2) is 3.51. The van der Waals surface area contributed by atoms with E-state index in [1.54, 1.807) is 0 Å². The molecule has 1 nitrogen and oxygen atoms in total. The highest BCUT2D eigenvalue weighted by Gasteiger charge is 2.25. The number of hydrogen-bond acceptors (Lipinski definition) is 1. The molecular weight excluding hydrogens is 244 g/mol. The largest absolute Gasteiger partial charge is 0.455 e. The summed E-state index contributed by atoms with van der Waals surface area (Å²) in [5.74, 6) is 1.06. The van der Waals surface area contributed by atoms with Crippen LogP contribution in [0.4, 0.5) is 0 Å². The van der Waals surface area contributed by atoms with Crippen LogP contribution >= 0.6 is 0 Å². The Labute approximate surface area is 116 Å². The van der Waals surface area contributed by atoms with Gasteiger partial charge in [-0.3, -0.25) is 0 Å². The van der Waals surface area contributed by atoms with Crippen LogP contribution < -0.4 is 0 Å². The van der Waals surface area contributed by atoms with Gasteiger partial charge in [-0.2, -0.15) is 0 Å². The van der Waals surface area contributed by atoms with E-state index in [0.717, 1.165) is 17.8 Å². The fraction of sp³-hybridized carbons (Fsp3) is 0.0526. The van der Waals surface area contributed by atoms with Crippen molar-refractivity contribution in [1.82, 2.24) is 0 Å². The zero-order valence-electron chi connectivity index (χ0n) is 10.9. The Morgan fingerprint density at radius 2 is 1.60 bits per heavy atom. The van der Waals surface area contributed by atoms with Gasteiger partial charge in [0.25, 0.3) is 0 Å². The molecule has 0 aliphatic heterocycles. The van der Waals surface area contributed by atoms with Gasteiger partial charge in [-0.1, -0.05) is 60.7 Å². The van der Waals surface area contributed by atoms with Gasteiger partial charge in [-0.25, -0.2) is 0 Å². The maximum atomic E-state index is 6.25. The minimum absolute atomic E-state index is 0.983. The molecule has 0 saturated carbocycles. The Balaban J connectivity index is 1.94. The lowest BCUT2D eigenvalue weighted by Crippen LogP contribution is -1.81. The Morgan fingerprint density at radius 3 is 2.60 bits per heavy atom. The highest BCUT2D eigenvalue weighted by atomic mass is 16.3. The number of furan rings is 1. The normalized spacial score (nSPS) is 12.8. The SMILES string of the molecule is c1ccc2c(c1)Cc1c-2oc2c1ccc1ccccc12. The summed E-state index contributed by atoms with van der Waals surface area (Å²) in [6, 6.07) is 21.3. The molecule has 1 heterocycles. The van der Waals surface area contributed by atoms with Crippen molar-refractivity contribution in [2.24, 2.45) is 0 Å². The summed E-state index contributed by atoms with van der Waals surface area (Å²) in [4.78, 5) is 0. The van der Waals surface area contributed by atoms with Gasteiger partial charge in [0, 0.05) is 28.3 Å². The standard InChI is InChI=1S/C19H12O/c1-3-7-14-12(5-1)9-10-16-17-11-13-6-2-4-8-15(13)19(17)20-18(14)16/h1-10H,11H2. The predicted molar refractivity (Wildman–Crippen MR) is 82.0 cm³/mol. The zero-order valence-corrected chi connectivity index (χ0v) is 10.9. The van der Waals surface area contributed by atoms with Crippen molar-refractivity contribution in [3.63, 3.8) is 0 Å². The van der Waals surface area contributed by atoms with Crippen molar-refractivity contribution in [3.05, 3.63) is 71.8 Å². The van der Waals surface area contributed by atoms with Gasteiger partial charge in [0.05, 0.1) is 0 Å². The Bertz CT molecular complexity index is 976. The van der Waals surface area contributed by atoms with Crippen molar-refractivity contribution < 1.29 is 4.42 Å². The first-order valence-corrected chi connectivity index (χ1v) is 6.93. The van der Waals surface area contributed by atoms with E-state index in [2.05, 4.69) is 60.7 Å². The molecule has 0 radical (unpaired) electrons. The van der Waals surface area contributed by atoms with Crippen molar-refractivity contribution >= 4 is 21.7 Å². The van der Waals surface area contributed by atoms with E-state index in [4.69, 9.17) is 4.42 Å². The number of rotatable bonds is 0. The average Bonchev–Trinajstić information content (AvgIpc) is 3.03. The monoisotopic (exact) mass is 256 g/mol. The van der Waals surface area contributed by atoms with E-state index < -0.39 is 0 Å². The smallest absolute Gasteiger partial charge is 0.142 e. The third-order valence-corrected chi connectivity index (χ3v) is 4.31. The highest BCUT2D eigenvalue weighted by Crippen LogP contribution is 2.44. The van der Waals surface area contributed by atoms with E-state index in [0.29, 0.717) is 0 Å². The van der Waals surface area contributed by atoms with Crippen LogP contribution in [0.2, 0.25) is 0 Å². The molecule has 0 spiro atoms. The fourth-order valence-corrected chi connectivity index (χ4v) is 3.36. The summed E-state index contributed by atoms with van der Waals surface area (Å²) in [6.07, 6.45) is 0.983. The van der Waals surface area contributed by atoms with Gasteiger partial charge >= 0.3 is 0 Å². The maximum absolute atomic E-state index is 6.25. The molecular formula is C19H12O. The second-order valence-corrected chi connectivity index (χ2v) is 5.41. The van der Waals surface area contributed by atoms with Crippen molar-refractivity contribution in [1.29, 1.82) is 0 Å². The molecule has 0 saturated heterocycles.